The number of carbonyl (C=O) groups is 1. The second kappa shape index (κ2) is 5.94. The highest BCUT2D eigenvalue weighted by molar-refractivity contribution is 9.10. The van der Waals surface area contributed by atoms with E-state index >= 15 is 0 Å². The van der Waals surface area contributed by atoms with Crippen LogP contribution >= 0.6 is 15.9 Å². The van der Waals surface area contributed by atoms with Crippen LogP contribution in [-0.2, 0) is 22.6 Å². The van der Waals surface area contributed by atoms with E-state index in [4.69, 9.17) is 4.74 Å². The van der Waals surface area contributed by atoms with Gasteiger partial charge in [0.1, 0.15) is 6.29 Å². The maximum atomic E-state index is 10.3. The second-order valence-corrected chi connectivity index (χ2v) is 3.97. The maximum absolute atomic E-state index is 10.3. The van der Waals surface area contributed by atoms with Crippen molar-refractivity contribution in [2.24, 2.45) is 0 Å². The van der Waals surface area contributed by atoms with Gasteiger partial charge in [-0.25, -0.2) is 0 Å². The van der Waals surface area contributed by atoms with E-state index in [1.54, 1.807) is 7.11 Å². The summed E-state index contributed by atoms with van der Waals surface area (Å²) in [4.78, 5) is 10.3. The lowest BCUT2D eigenvalue weighted by Gasteiger charge is -2.07. The van der Waals surface area contributed by atoms with Crippen LogP contribution in [0.3, 0.4) is 0 Å². The fourth-order valence-corrected chi connectivity index (χ4v) is 1.75. The van der Waals surface area contributed by atoms with Crippen LogP contribution in [0.1, 0.15) is 17.5 Å². The monoisotopic (exact) mass is 256 g/mol. The number of hydrogen-bond acceptors (Lipinski definition) is 2. The van der Waals surface area contributed by atoms with Gasteiger partial charge in [-0.15, -0.1) is 0 Å². The van der Waals surface area contributed by atoms with Gasteiger partial charge in [0, 0.05) is 18.0 Å². The van der Waals surface area contributed by atoms with Crippen molar-refractivity contribution in [1.82, 2.24) is 0 Å². The van der Waals surface area contributed by atoms with Crippen molar-refractivity contribution < 1.29 is 9.53 Å². The third kappa shape index (κ3) is 3.24. The van der Waals surface area contributed by atoms with E-state index in [1.807, 2.05) is 18.2 Å². The average Bonchev–Trinajstić information content (AvgIpc) is 2.17. The molecule has 0 amide bonds. The minimum Gasteiger partial charge on any atom is -0.380 e. The molecule has 0 unspecified atom stereocenters. The molecule has 2 nitrogen and oxygen atoms in total. The van der Waals surface area contributed by atoms with Crippen molar-refractivity contribution >= 4 is 22.2 Å². The molecule has 3 heteroatoms. The van der Waals surface area contributed by atoms with Gasteiger partial charge in [0.25, 0.3) is 0 Å². The Kier molecular flexibility index (Phi) is 4.84. The predicted molar refractivity (Wildman–Crippen MR) is 59.2 cm³/mol. The quantitative estimate of drug-likeness (QED) is 0.758. The topological polar surface area (TPSA) is 26.3 Å². The van der Waals surface area contributed by atoms with Gasteiger partial charge >= 0.3 is 0 Å². The Balaban J connectivity index is 2.83. The van der Waals surface area contributed by atoms with Gasteiger partial charge in [-0.05, 0) is 29.7 Å². The Labute approximate surface area is 92.4 Å². The van der Waals surface area contributed by atoms with Crippen LogP contribution in [0, 0.1) is 0 Å². The molecule has 0 saturated heterocycles. The number of ether oxygens (including phenoxy) is 1. The molecule has 0 fully saturated rings. The highest BCUT2D eigenvalue weighted by atomic mass is 79.9. The summed E-state index contributed by atoms with van der Waals surface area (Å²) >= 11 is 3.41. The minimum atomic E-state index is 0.568. The number of benzene rings is 1. The molecule has 0 spiro atoms. The van der Waals surface area contributed by atoms with E-state index < -0.39 is 0 Å². The Morgan fingerprint density at radius 2 is 2.21 bits per heavy atom. The molecule has 0 aliphatic carbocycles. The Morgan fingerprint density at radius 3 is 2.86 bits per heavy atom. The zero-order valence-electron chi connectivity index (χ0n) is 8.13. The standard InChI is InChI=1S/C11H13BrO2/c1-14-8-10-7-11(12)5-4-9(10)3-2-6-13/h4-7H,2-3,8H2,1H3. The van der Waals surface area contributed by atoms with Gasteiger partial charge in [0.2, 0.25) is 0 Å². The first kappa shape index (κ1) is 11.4. The molecule has 0 saturated carbocycles. The van der Waals surface area contributed by atoms with Gasteiger partial charge in [0.15, 0.2) is 0 Å². The van der Waals surface area contributed by atoms with Gasteiger partial charge in [-0.1, -0.05) is 22.0 Å². The second-order valence-electron chi connectivity index (χ2n) is 3.05. The molecule has 0 aliphatic heterocycles. The van der Waals surface area contributed by atoms with Gasteiger partial charge < -0.3 is 9.53 Å². The van der Waals surface area contributed by atoms with Crippen molar-refractivity contribution in [3.05, 3.63) is 33.8 Å². The van der Waals surface area contributed by atoms with Crippen LogP contribution in [0.4, 0.5) is 0 Å². The smallest absolute Gasteiger partial charge is 0.120 e. The van der Waals surface area contributed by atoms with Gasteiger partial charge in [-0.2, -0.15) is 0 Å². The van der Waals surface area contributed by atoms with Crippen LogP contribution < -0.4 is 0 Å². The molecule has 0 radical (unpaired) electrons. The molecule has 76 valence electrons. The summed E-state index contributed by atoms with van der Waals surface area (Å²) in [6, 6.07) is 6.05. The van der Waals surface area contributed by atoms with E-state index in [0.717, 1.165) is 22.7 Å². The van der Waals surface area contributed by atoms with E-state index in [-0.39, 0.29) is 0 Å². The first-order chi connectivity index (χ1) is 6.77. The number of methoxy groups -OCH3 is 1. The first-order valence-electron chi connectivity index (χ1n) is 4.47. The summed E-state index contributed by atoms with van der Waals surface area (Å²) in [5.41, 5.74) is 2.32. The van der Waals surface area contributed by atoms with Crippen LogP contribution in [0.2, 0.25) is 0 Å². The number of carbonyl (C=O) groups excluding carboxylic acids is 1. The largest absolute Gasteiger partial charge is 0.380 e. The molecule has 1 aromatic carbocycles. The summed E-state index contributed by atoms with van der Waals surface area (Å²) in [5.74, 6) is 0. The number of aldehydes is 1. The predicted octanol–water partition coefficient (Wildman–Crippen LogP) is 2.73. The van der Waals surface area contributed by atoms with Crippen molar-refractivity contribution in [3.8, 4) is 0 Å². The third-order valence-electron chi connectivity index (χ3n) is 2.00. The molecule has 0 atom stereocenters. The van der Waals surface area contributed by atoms with E-state index in [0.29, 0.717) is 13.0 Å². The molecule has 0 aromatic heterocycles. The molecular formula is C11H13BrO2. The van der Waals surface area contributed by atoms with Crippen LogP contribution in [-0.4, -0.2) is 13.4 Å². The Hall–Kier alpha value is -0.670. The van der Waals surface area contributed by atoms with Gasteiger partial charge in [0.05, 0.1) is 6.61 Å². The van der Waals surface area contributed by atoms with Crippen molar-refractivity contribution in [2.45, 2.75) is 19.4 Å². The molecule has 14 heavy (non-hydrogen) atoms. The maximum Gasteiger partial charge on any atom is 0.120 e. The lowest BCUT2D eigenvalue weighted by atomic mass is 10.0. The lowest BCUT2D eigenvalue weighted by molar-refractivity contribution is -0.107. The zero-order valence-corrected chi connectivity index (χ0v) is 9.71. The van der Waals surface area contributed by atoms with Crippen molar-refractivity contribution in [3.63, 3.8) is 0 Å². The number of hydrogen-bond donors (Lipinski definition) is 0. The molecular weight excluding hydrogens is 244 g/mol. The summed E-state index contributed by atoms with van der Waals surface area (Å²) in [6.07, 6.45) is 2.30. The third-order valence-corrected chi connectivity index (χ3v) is 2.49. The molecule has 1 rings (SSSR count). The Morgan fingerprint density at radius 1 is 1.43 bits per heavy atom. The van der Waals surface area contributed by atoms with Crippen molar-refractivity contribution in [1.29, 1.82) is 0 Å². The fraction of sp³-hybridized carbons (Fsp3) is 0.364. The van der Waals surface area contributed by atoms with E-state index in [2.05, 4.69) is 15.9 Å². The summed E-state index contributed by atoms with van der Waals surface area (Å²) in [5, 5.41) is 0. The molecule has 0 aliphatic rings. The highest BCUT2D eigenvalue weighted by Crippen LogP contribution is 2.18. The van der Waals surface area contributed by atoms with E-state index in [1.165, 1.54) is 5.56 Å². The summed E-state index contributed by atoms with van der Waals surface area (Å²) in [6.45, 7) is 0.591. The molecule has 0 heterocycles. The Bertz CT molecular complexity index is 310. The van der Waals surface area contributed by atoms with Crippen LogP contribution in [0.15, 0.2) is 22.7 Å². The summed E-state index contributed by atoms with van der Waals surface area (Å²) < 4.78 is 6.14. The lowest BCUT2D eigenvalue weighted by Crippen LogP contribution is -1.96. The van der Waals surface area contributed by atoms with Crippen LogP contribution in [0.25, 0.3) is 0 Å². The van der Waals surface area contributed by atoms with E-state index in [9.17, 15) is 4.79 Å². The number of aryl methyl sites for hydroxylation is 1. The first-order valence-corrected chi connectivity index (χ1v) is 5.27. The average molecular weight is 257 g/mol. The zero-order chi connectivity index (χ0) is 10.4. The molecule has 0 bridgehead atoms. The number of rotatable bonds is 5. The van der Waals surface area contributed by atoms with Gasteiger partial charge in [-0.3, -0.25) is 0 Å². The highest BCUT2D eigenvalue weighted by Gasteiger charge is 2.02. The van der Waals surface area contributed by atoms with Crippen molar-refractivity contribution in [2.75, 3.05) is 7.11 Å². The van der Waals surface area contributed by atoms with Crippen LogP contribution in [0.5, 0.6) is 0 Å². The fourth-order valence-electron chi connectivity index (χ4n) is 1.34. The molecule has 1 aromatic rings. The summed E-state index contributed by atoms with van der Waals surface area (Å²) in [7, 11) is 1.67. The normalized spacial score (nSPS) is 10.1. The SMILES string of the molecule is COCc1cc(Br)ccc1CCC=O. The molecule has 0 N–H and O–H groups in total. The minimum absolute atomic E-state index is 0.568. The number of halogens is 1.